The van der Waals surface area contributed by atoms with E-state index >= 15 is 0 Å². The lowest BCUT2D eigenvalue weighted by Gasteiger charge is -2.26. The van der Waals surface area contributed by atoms with Crippen LogP contribution in [-0.4, -0.2) is 28.3 Å². The number of rotatable bonds is 1. The fraction of sp³-hybridized carbons (Fsp3) is 0.538. The van der Waals surface area contributed by atoms with E-state index in [1.54, 1.807) is 18.3 Å². The number of aromatic nitrogens is 1. The van der Waals surface area contributed by atoms with Gasteiger partial charge in [0.2, 0.25) is 0 Å². The van der Waals surface area contributed by atoms with Crippen LogP contribution in [-0.2, 0) is 9.57 Å². The van der Waals surface area contributed by atoms with Gasteiger partial charge in [-0.05, 0) is 32.9 Å². The molecular weight excluding hydrogens is 268 g/mol. The van der Waals surface area contributed by atoms with Gasteiger partial charge in [-0.3, -0.25) is 9.82 Å². The van der Waals surface area contributed by atoms with Crippen molar-refractivity contribution in [3.05, 3.63) is 29.0 Å². The van der Waals surface area contributed by atoms with Gasteiger partial charge in [0, 0.05) is 12.6 Å². The molecule has 0 unspecified atom stereocenters. The first kappa shape index (κ1) is 14.1. The Morgan fingerprint density at radius 3 is 2.84 bits per heavy atom. The van der Waals surface area contributed by atoms with Crippen molar-refractivity contribution < 1.29 is 14.4 Å². The Labute approximate surface area is 117 Å². The molecule has 0 radical (unpaired) electrons. The second-order valence-corrected chi connectivity index (χ2v) is 5.78. The molecule has 1 aromatic rings. The molecule has 1 amide bonds. The highest BCUT2D eigenvalue weighted by Crippen LogP contribution is 2.30. The van der Waals surface area contributed by atoms with Crippen molar-refractivity contribution in [1.29, 1.82) is 0 Å². The van der Waals surface area contributed by atoms with E-state index in [9.17, 15) is 4.79 Å². The summed E-state index contributed by atoms with van der Waals surface area (Å²) in [5.74, 6) is 0. The summed E-state index contributed by atoms with van der Waals surface area (Å²) in [5, 5.41) is 1.81. The molecule has 1 aromatic heterocycles. The lowest BCUT2D eigenvalue weighted by atomic mass is 10.1. The summed E-state index contributed by atoms with van der Waals surface area (Å²) in [4.78, 5) is 21.6. The summed E-state index contributed by atoms with van der Waals surface area (Å²) in [7, 11) is 0. The zero-order valence-corrected chi connectivity index (χ0v) is 12.0. The summed E-state index contributed by atoms with van der Waals surface area (Å²) < 4.78 is 5.31. The fourth-order valence-electron chi connectivity index (χ4n) is 1.81. The van der Waals surface area contributed by atoms with Gasteiger partial charge >= 0.3 is 6.09 Å². The molecule has 0 aliphatic carbocycles. The summed E-state index contributed by atoms with van der Waals surface area (Å²) in [5.41, 5.74) is 0.189. The zero-order valence-electron chi connectivity index (χ0n) is 11.2. The highest BCUT2D eigenvalue weighted by molar-refractivity contribution is 6.30. The molecule has 104 valence electrons. The van der Waals surface area contributed by atoms with Crippen LogP contribution in [0.15, 0.2) is 18.3 Å². The number of hydroxylamine groups is 2. The summed E-state index contributed by atoms with van der Waals surface area (Å²) in [6, 6.07) is 3.31. The molecule has 1 fully saturated rings. The van der Waals surface area contributed by atoms with Crippen LogP contribution in [0.5, 0.6) is 0 Å². The third-order valence-electron chi connectivity index (χ3n) is 2.57. The molecule has 0 spiro atoms. The van der Waals surface area contributed by atoms with E-state index in [2.05, 4.69) is 4.98 Å². The molecular formula is C13H17ClN2O3. The summed E-state index contributed by atoms with van der Waals surface area (Å²) in [6.07, 6.45) is 1.75. The van der Waals surface area contributed by atoms with Gasteiger partial charge in [-0.25, -0.2) is 4.79 Å². The number of pyridine rings is 1. The Balaban J connectivity index is 2.12. The van der Waals surface area contributed by atoms with Gasteiger partial charge in [0.1, 0.15) is 11.6 Å². The molecule has 19 heavy (non-hydrogen) atoms. The topological polar surface area (TPSA) is 51.7 Å². The minimum Gasteiger partial charge on any atom is -0.442 e. The summed E-state index contributed by atoms with van der Waals surface area (Å²) in [6.45, 7) is 5.91. The van der Waals surface area contributed by atoms with Gasteiger partial charge in [-0.2, -0.15) is 5.06 Å². The van der Waals surface area contributed by atoms with Crippen LogP contribution in [0.4, 0.5) is 4.79 Å². The molecule has 5 nitrogen and oxygen atoms in total. The number of ether oxygens (including phenoxy) is 1. The Morgan fingerprint density at radius 2 is 2.26 bits per heavy atom. The minimum absolute atomic E-state index is 0.230. The number of amides is 1. The predicted octanol–water partition coefficient (Wildman–Crippen LogP) is 3.35. The lowest BCUT2D eigenvalue weighted by molar-refractivity contribution is -0.125. The van der Waals surface area contributed by atoms with Gasteiger partial charge in [0.25, 0.3) is 0 Å². The molecule has 1 aliphatic rings. The van der Waals surface area contributed by atoms with Gasteiger partial charge in [0.15, 0.2) is 0 Å². The maximum Gasteiger partial charge on any atom is 0.435 e. The predicted molar refractivity (Wildman–Crippen MR) is 70.6 cm³/mol. The molecule has 1 aliphatic heterocycles. The van der Waals surface area contributed by atoms with Crippen molar-refractivity contribution in [2.45, 2.75) is 38.8 Å². The smallest absolute Gasteiger partial charge is 0.435 e. The van der Waals surface area contributed by atoms with E-state index in [1.165, 1.54) is 5.06 Å². The molecule has 0 saturated carbocycles. The van der Waals surface area contributed by atoms with E-state index in [-0.39, 0.29) is 6.04 Å². The van der Waals surface area contributed by atoms with E-state index in [4.69, 9.17) is 21.2 Å². The van der Waals surface area contributed by atoms with Crippen LogP contribution in [0.3, 0.4) is 0 Å². The highest BCUT2D eigenvalue weighted by atomic mass is 35.5. The van der Waals surface area contributed by atoms with E-state index in [0.29, 0.717) is 18.1 Å². The Bertz CT molecular complexity index is 456. The van der Waals surface area contributed by atoms with Crippen LogP contribution in [0.2, 0.25) is 5.02 Å². The lowest BCUT2D eigenvalue weighted by Crippen LogP contribution is -2.35. The van der Waals surface area contributed by atoms with E-state index in [1.807, 2.05) is 20.8 Å². The minimum atomic E-state index is -0.555. The van der Waals surface area contributed by atoms with Gasteiger partial charge in [0.05, 0.1) is 17.3 Å². The average Bonchev–Trinajstić information content (AvgIpc) is 2.76. The maximum atomic E-state index is 12.0. The van der Waals surface area contributed by atoms with Crippen molar-refractivity contribution >= 4 is 17.7 Å². The first-order valence-electron chi connectivity index (χ1n) is 6.13. The highest BCUT2D eigenvalue weighted by Gasteiger charge is 2.35. The van der Waals surface area contributed by atoms with Crippen molar-refractivity contribution in [1.82, 2.24) is 10.0 Å². The van der Waals surface area contributed by atoms with Gasteiger partial charge in [-0.15, -0.1) is 0 Å². The number of halogens is 1. The fourth-order valence-corrected chi connectivity index (χ4v) is 1.92. The third kappa shape index (κ3) is 3.58. The first-order valence-corrected chi connectivity index (χ1v) is 6.51. The maximum absolute atomic E-state index is 12.0. The van der Waals surface area contributed by atoms with Crippen molar-refractivity contribution in [2.75, 3.05) is 6.61 Å². The Kier molecular flexibility index (Phi) is 3.96. The molecule has 1 saturated heterocycles. The van der Waals surface area contributed by atoms with Crippen molar-refractivity contribution in [2.24, 2.45) is 0 Å². The number of hydrogen-bond acceptors (Lipinski definition) is 4. The molecule has 2 rings (SSSR count). The number of carbonyl (C=O) groups excluding carboxylic acids is 1. The monoisotopic (exact) mass is 284 g/mol. The Morgan fingerprint density at radius 1 is 1.53 bits per heavy atom. The van der Waals surface area contributed by atoms with Gasteiger partial charge < -0.3 is 4.74 Å². The first-order chi connectivity index (χ1) is 8.87. The van der Waals surface area contributed by atoms with Crippen LogP contribution < -0.4 is 0 Å². The SMILES string of the molecule is CC(C)(C)OC(=O)N1OCC[C@H]1c1ccc(Cl)cn1. The van der Waals surface area contributed by atoms with Gasteiger partial charge in [-0.1, -0.05) is 11.6 Å². The Hall–Kier alpha value is -1.33. The van der Waals surface area contributed by atoms with Crippen LogP contribution in [0.1, 0.15) is 38.9 Å². The number of nitrogens with zero attached hydrogens (tertiary/aromatic N) is 2. The molecule has 0 bridgehead atoms. The van der Waals surface area contributed by atoms with Crippen LogP contribution in [0, 0.1) is 0 Å². The quantitative estimate of drug-likeness (QED) is 0.793. The zero-order chi connectivity index (χ0) is 14.0. The number of carbonyl (C=O) groups is 1. The van der Waals surface area contributed by atoms with Crippen LogP contribution in [0.25, 0.3) is 0 Å². The van der Waals surface area contributed by atoms with E-state index < -0.39 is 11.7 Å². The summed E-state index contributed by atoms with van der Waals surface area (Å²) >= 11 is 5.81. The number of hydrogen-bond donors (Lipinski definition) is 0. The second-order valence-electron chi connectivity index (χ2n) is 5.35. The second kappa shape index (κ2) is 5.35. The van der Waals surface area contributed by atoms with Crippen molar-refractivity contribution in [3.8, 4) is 0 Å². The molecule has 0 aromatic carbocycles. The third-order valence-corrected chi connectivity index (χ3v) is 2.79. The normalized spacial score (nSPS) is 19.6. The van der Waals surface area contributed by atoms with Crippen LogP contribution >= 0.6 is 11.6 Å². The molecule has 0 N–H and O–H groups in total. The van der Waals surface area contributed by atoms with E-state index in [0.717, 1.165) is 5.69 Å². The largest absolute Gasteiger partial charge is 0.442 e. The average molecular weight is 285 g/mol. The molecule has 6 heteroatoms. The molecule has 1 atom stereocenters. The standard InChI is InChI=1S/C13H17ClN2O3/c1-13(2,3)19-12(17)16-11(6-7-18-16)10-5-4-9(14)8-15-10/h4-5,8,11H,6-7H2,1-3H3/t11-/m0/s1. The van der Waals surface area contributed by atoms with Crippen molar-refractivity contribution in [3.63, 3.8) is 0 Å². The molecule has 2 heterocycles.